The van der Waals surface area contributed by atoms with Crippen LogP contribution >= 0.6 is 11.3 Å². The minimum atomic E-state index is 0.328. The van der Waals surface area contributed by atoms with Crippen molar-refractivity contribution in [3.63, 3.8) is 0 Å². The highest BCUT2D eigenvalue weighted by Gasteiger charge is 2.24. The van der Waals surface area contributed by atoms with Gasteiger partial charge in [0.1, 0.15) is 5.82 Å². The molecular formula is C39H35N3S. The van der Waals surface area contributed by atoms with Crippen molar-refractivity contribution < 1.29 is 0 Å². The molecule has 0 aliphatic rings. The van der Waals surface area contributed by atoms with E-state index in [2.05, 4.69) is 140 Å². The molecule has 3 nitrogen and oxygen atoms in total. The summed E-state index contributed by atoms with van der Waals surface area (Å²) in [6, 6.07) is 37.1. The Morgan fingerprint density at radius 2 is 1.44 bits per heavy atom. The topological polar surface area (TPSA) is 30.7 Å². The molecule has 43 heavy (non-hydrogen) atoms. The Morgan fingerprint density at radius 3 is 2.16 bits per heavy atom. The van der Waals surface area contributed by atoms with Gasteiger partial charge >= 0.3 is 0 Å². The molecule has 3 heterocycles. The largest absolute Gasteiger partial charge is 0.292 e. The third-order valence-electron chi connectivity index (χ3n) is 8.29. The van der Waals surface area contributed by atoms with Gasteiger partial charge in [-0.25, -0.2) is 4.98 Å². The molecule has 0 aliphatic carbocycles. The second kappa shape index (κ2) is 11.3. The Balaban J connectivity index is 1.49. The predicted molar refractivity (Wildman–Crippen MR) is 183 cm³/mol. The third-order valence-corrected chi connectivity index (χ3v) is 9.26. The number of benzene rings is 4. The molecule has 0 atom stereocenters. The Kier molecular flexibility index (Phi) is 7.16. The van der Waals surface area contributed by atoms with Crippen molar-refractivity contribution in [1.82, 2.24) is 14.5 Å². The molecule has 0 fully saturated rings. The monoisotopic (exact) mass is 577 g/mol. The minimum Gasteiger partial charge on any atom is -0.292 e. The molecule has 0 N–H and O–H groups in total. The summed E-state index contributed by atoms with van der Waals surface area (Å²) in [7, 11) is 0. The zero-order valence-electron chi connectivity index (χ0n) is 25.1. The molecule has 4 aromatic carbocycles. The van der Waals surface area contributed by atoms with E-state index in [0.717, 1.165) is 29.0 Å². The van der Waals surface area contributed by atoms with Crippen LogP contribution in [0.5, 0.6) is 0 Å². The zero-order valence-corrected chi connectivity index (χ0v) is 25.9. The summed E-state index contributed by atoms with van der Waals surface area (Å²) in [6.45, 7) is 9.22. The fourth-order valence-electron chi connectivity index (χ4n) is 6.12. The van der Waals surface area contributed by atoms with Gasteiger partial charge in [-0.1, -0.05) is 82.3 Å². The summed E-state index contributed by atoms with van der Waals surface area (Å²) in [5.41, 5.74) is 12.1. The van der Waals surface area contributed by atoms with Crippen molar-refractivity contribution in [1.29, 1.82) is 0 Å². The number of rotatable bonds is 7. The number of imidazole rings is 1. The number of nitrogens with zero attached hydrogens (tertiary/aromatic N) is 3. The van der Waals surface area contributed by atoms with Gasteiger partial charge in [-0.05, 0) is 88.2 Å². The highest BCUT2D eigenvalue weighted by molar-refractivity contribution is 7.17. The molecule has 4 heteroatoms. The average molecular weight is 578 g/mol. The first-order chi connectivity index (χ1) is 21.0. The summed E-state index contributed by atoms with van der Waals surface area (Å²) in [4.78, 5) is 9.91. The Labute approximate surface area is 257 Å². The van der Waals surface area contributed by atoms with Crippen molar-refractivity contribution in [2.75, 3.05) is 0 Å². The number of pyridine rings is 1. The average Bonchev–Trinajstić information content (AvgIpc) is 3.62. The number of hydrogen-bond acceptors (Lipinski definition) is 3. The van der Waals surface area contributed by atoms with Gasteiger partial charge in [0.2, 0.25) is 0 Å². The molecule has 3 aromatic heterocycles. The Bertz CT molecular complexity index is 2020. The number of hydrogen-bond donors (Lipinski definition) is 0. The molecule has 7 aromatic rings. The second-order valence-corrected chi connectivity index (χ2v) is 12.8. The quantitative estimate of drug-likeness (QED) is 0.189. The molecular weight excluding hydrogens is 543 g/mol. The molecule has 0 aliphatic heterocycles. The highest BCUT2D eigenvalue weighted by atomic mass is 32.1. The standard InChI is InChI=1S/C39H35N3S/c1-25(2)31-22-29(28-12-6-5-7-13-28)23-32(26(3)4)38(31)42-36-16-9-8-15-35(36)41-39(42)34-24-43-37-18-17-27(21-33(34)37)20-30-14-10-11-19-40-30/h5-19,21-26H,20H2,1-4H3. The Hall–Kier alpha value is -4.54. The van der Waals surface area contributed by atoms with Crippen LogP contribution in [-0.2, 0) is 6.42 Å². The lowest BCUT2D eigenvalue weighted by atomic mass is 9.88. The van der Waals surface area contributed by atoms with Gasteiger partial charge in [-0.2, -0.15) is 0 Å². The van der Waals surface area contributed by atoms with E-state index >= 15 is 0 Å². The summed E-state index contributed by atoms with van der Waals surface area (Å²) in [5.74, 6) is 1.66. The van der Waals surface area contributed by atoms with E-state index in [1.165, 1.54) is 49.2 Å². The second-order valence-electron chi connectivity index (χ2n) is 11.9. The molecule has 0 bridgehead atoms. The summed E-state index contributed by atoms with van der Waals surface area (Å²) in [6.07, 6.45) is 2.67. The van der Waals surface area contributed by atoms with Crippen LogP contribution in [0.1, 0.15) is 61.9 Å². The van der Waals surface area contributed by atoms with Crippen LogP contribution in [0.2, 0.25) is 0 Å². The highest BCUT2D eigenvalue weighted by Crippen LogP contribution is 2.42. The van der Waals surface area contributed by atoms with E-state index in [9.17, 15) is 0 Å². The maximum Gasteiger partial charge on any atom is 0.147 e. The van der Waals surface area contributed by atoms with Crippen LogP contribution in [-0.4, -0.2) is 14.5 Å². The van der Waals surface area contributed by atoms with E-state index in [4.69, 9.17) is 4.98 Å². The van der Waals surface area contributed by atoms with Crippen molar-refractivity contribution >= 4 is 32.5 Å². The van der Waals surface area contributed by atoms with Crippen LogP contribution in [0.4, 0.5) is 0 Å². The maximum absolute atomic E-state index is 5.33. The first-order valence-corrected chi connectivity index (χ1v) is 16.0. The number of fused-ring (bicyclic) bond motifs is 2. The first kappa shape index (κ1) is 27.3. The smallest absolute Gasteiger partial charge is 0.147 e. The SMILES string of the molecule is CC(C)c1cc(-c2ccccc2)cc(C(C)C)c1-n1c(-c2csc3ccc(Cc4ccccn4)cc23)nc2ccccc21. The lowest BCUT2D eigenvalue weighted by Gasteiger charge is -2.24. The minimum absolute atomic E-state index is 0.328. The predicted octanol–water partition coefficient (Wildman–Crippen LogP) is 10.8. The molecule has 212 valence electrons. The number of para-hydroxylation sites is 2. The van der Waals surface area contributed by atoms with E-state index in [1.54, 1.807) is 11.3 Å². The van der Waals surface area contributed by atoms with Crippen molar-refractivity contribution in [3.8, 4) is 28.2 Å². The van der Waals surface area contributed by atoms with Crippen molar-refractivity contribution in [3.05, 3.63) is 137 Å². The van der Waals surface area contributed by atoms with Gasteiger partial charge in [0.25, 0.3) is 0 Å². The van der Waals surface area contributed by atoms with E-state index in [0.29, 0.717) is 11.8 Å². The van der Waals surface area contributed by atoms with Crippen molar-refractivity contribution in [2.24, 2.45) is 0 Å². The van der Waals surface area contributed by atoms with Crippen LogP contribution in [0.15, 0.2) is 115 Å². The summed E-state index contributed by atoms with van der Waals surface area (Å²) < 4.78 is 3.72. The summed E-state index contributed by atoms with van der Waals surface area (Å²) >= 11 is 1.79. The van der Waals surface area contributed by atoms with Gasteiger partial charge in [-0.3, -0.25) is 9.55 Å². The Morgan fingerprint density at radius 1 is 0.721 bits per heavy atom. The van der Waals surface area contributed by atoms with Crippen molar-refractivity contribution in [2.45, 2.75) is 46.0 Å². The first-order valence-electron chi connectivity index (χ1n) is 15.1. The summed E-state index contributed by atoms with van der Waals surface area (Å²) in [5, 5.41) is 3.53. The number of thiophene rings is 1. The van der Waals surface area contributed by atoms with Gasteiger partial charge in [-0.15, -0.1) is 11.3 Å². The maximum atomic E-state index is 5.33. The molecule has 0 spiro atoms. The van der Waals surface area contributed by atoms with Crippen LogP contribution in [0.3, 0.4) is 0 Å². The van der Waals surface area contributed by atoms with Gasteiger partial charge in [0, 0.05) is 39.3 Å². The fourth-order valence-corrected chi connectivity index (χ4v) is 7.04. The normalized spacial score (nSPS) is 11.8. The van der Waals surface area contributed by atoms with E-state index in [-0.39, 0.29) is 0 Å². The lowest BCUT2D eigenvalue weighted by molar-refractivity contribution is 0.812. The fraction of sp³-hybridized carbons (Fsp3) is 0.179. The van der Waals surface area contributed by atoms with Gasteiger partial charge < -0.3 is 0 Å². The molecule has 0 radical (unpaired) electrons. The van der Waals surface area contributed by atoms with E-state index in [1.807, 2.05) is 12.3 Å². The lowest BCUT2D eigenvalue weighted by Crippen LogP contribution is -2.09. The molecule has 0 unspecified atom stereocenters. The van der Waals surface area contributed by atoms with Crippen LogP contribution in [0, 0.1) is 0 Å². The molecule has 0 saturated carbocycles. The molecule has 0 saturated heterocycles. The van der Waals surface area contributed by atoms with Crippen LogP contribution < -0.4 is 0 Å². The number of aromatic nitrogens is 3. The molecule has 0 amide bonds. The molecule has 7 rings (SSSR count). The third kappa shape index (κ3) is 5.06. The van der Waals surface area contributed by atoms with Gasteiger partial charge in [0.15, 0.2) is 0 Å². The zero-order chi connectivity index (χ0) is 29.5. The van der Waals surface area contributed by atoms with Crippen LogP contribution in [0.25, 0.3) is 49.3 Å². The van der Waals surface area contributed by atoms with Gasteiger partial charge in [0.05, 0.1) is 16.7 Å². The van der Waals surface area contributed by atoms with E-state index < -0.39 is 0 Å².